The minimum Gasteiger partial charge on any atom is -0.368 e. The van der Waals surface area contributed by atoms with Crippen LogP contribution in [0.1, 0.15) is 5.56 Å². The number of pyridine rings is 1. The number of anilines is 1. The topological polar surface area (TPSA) is 54.3 Å². The van der Waals surface area contributed by atoms with E-state index in [1.807, 2.05) is 30.0 Å². The molecular formula is C19H18Cl2IN5O. The monoisotopic (exact) mass is 529 g/mol. The molecule has 1 aromatic carbocycles. The molecule has 1 fully saturated rings. The maximum atomic E-state index is 12.8. The van der Waals surface area contributed by atoms with Gasteiger partial charge in [-0.25, -0.2) is 9.67 Å². The summed E-state index contributed by atoms with van der Waals surface area (Å²) in [6, 6.07) is 7.87. The first kappa shape index (κ1) is 19.7. The zero-order chi connectivity index (χ0) is 19.8. The predicted molar refractivity (Wildman–Crippen MR) is 120 cm³/mol. The van der Waals surface area contributed by atoms with E-state index >= 15 is 0 Å². The molecule has 1 saturated heterocycles. The van der Waals surface area contributed by atoms with Gasteiger partial charge in [0, 0.05) is 43.1 Å². The van der Waals surface area contributed by atoms with Crippen LogP contribution in [0.2, 0.25) is 10.0 Å². The Morgan fingerprint density at radius 1 is 1.18 bits per heavy atom. The van der Waals surface area contributed by atoms with Gasteiger partial charge in [-0.3, -0.25) is 4.79 Å². The van der Waals surface area contributed by atoms with Gasteiger partial charge in [0.2, 0.25) is 5.91 Å². The second-order valence-electron chi connectivity index (χ2n) is 6.77. The summed E-state index contributed by atoms with van der Waals surface area (Å²) in [5.74, 6) is 0.0458. The number of carbonyl (C=O) groups excluding carboxylic acids is 1. The third kappa shape index (κ3) is 3.92. The molecule has 0 N–H and O–H groups in total. The van der Waals surface area contributed by atoms with Crippen LogP contribution >= 0.6 is 45.8 Å². The Labute approximate surface area is 186 Å². The van der Waals surface area contributed by atoms with Gasteiger partial charge in [-0.2, -0.15) is 5.10 Å². The molecule has 3 aromatic rings. The highest BCUT2D eigenvalue weighted by Gasteiger charge is 2.23. The highest BCUT2D eigenvalue weighted by atomic mass is 127. The molecule has 4 rings (SSSR count). The summed E-state index contributed by atoms with van der Waals surface area (Å²) in [4.78, 5) is 21.3. The molecule has 0 aliphatic carbocycles. The Morgan fingerprint density at radius 2 is 1.93 bits per heavy atom. The van der Waals surface area contributed by atoms with E-state index in [4.69, 9.17) is 23.2 Å². The summed E-state index contributed by atoms with van der Waals surface area (Å²) in [6.45, 7) is 5.11. The molecule has 2 aromatic heterocycles. The third-order valence-corrected chi connectivity index (χ3v) is 6.36. The molecule has 0 unspecified atom stereocenters. The van der Waals surface area contributed by atoms with Gasteiger partial charge in [0.15, 0.2) is 5.65 Å². The molecule has 0 saturated carbocycles. The fourth-order valence-electron chi connectivity index (χ4n) is 3.37. The zero-order valence-corrected chi connectivity index (χ0v) is 18.9. The van der Waals surface area contributed by atoms with Crippen LogP contribution in [-0.2, 0) is 11.3 Å². The third-order valence-electron chi connectivity index (χ3n) is 4.93. The van der Waals surface area contributed by atoms with Crippen molar-refractivity contribution in [2.45, 2.75) is 13.5 Å². The van der Waals surface area contributed by atoms with Gasteiger partial charge in [0.05, 0.1) is 10.4 Å². The van der Waals surface area contributed by atoms with Crippen molar-refractivity contribution in [1.29, 1.82) is 0 Å². The molecule has 1 aliphatic rings. The summed E-state index contributed by atoms with van der Waals surface area (Å²) in [5.41, 5.74) is 2.88. The van der Waals surface area contributed by atoms with Crippen LogP contribution in [0.15, 0.2) is 30.5 Å². The molecular weight excluding hydrogens is 512 g/mol. The molecule has 0 radical (unpaired) electrons. The number of nitrogens with zero attached hydrogens (tertiary/aromatic N) is 5. The van der Waals surface area contributed by atoms with Crippen molar-refractivity contribution in [1.82, 2.24) is 19.7 Å². The molecule has 0 bridgehead atoms. The summed E-state index contributed by atoms with van der Waals surface area (Å²) >= 11 is 14.3. The van der Waals surface area contributed by atoms with E-state index in [-0.39, 0.29) is 12.5 Å². The van der Waals surface area contributed by atoms with Crippen molar-refractivity contribution in [3.8, 4) is 0 Å². The van der Waals surface area contributed by atoms with E-state index in [1.54, 1.807) is 10.9 Å². The molecule has 0 atom stereocenters. The van der Waals surface area contributed by atoms with Gasteiger partial charge in [0.1, 0.15) is 10.2 Å². The number of halogens is 3. The van der Waals surface area contributed by atoms with Gasteiger partial charge in [-0.15, -0.1) is 0 Å². The summed E-state index contributed by atoms with van der Waals surface area (Å²) < 4.78 is 2.45. The molecule has 28 heavy (non-hydrogen) atoms. The number of aryl methyl sites for hydroxylation is 1. The maximum Gasteiger partial charge on any atom is 0.244 e. The van der Waals surface area contributed by atoms with Crippen LogP contribution < -0.4 is 4.90 Å². The molecule has 9 heteroatoms. The second kappa shape index (κ2) is 8.04. The van der Waals surface area contributed by atoms with E-state index < -0.39 is 0 Å². The minimum absolute atomic E-state index is 0.0458. The van der Waals surface area contributed by atoms with E-state index in [0.29, 0.717) is 23.8 Å². The zero-order valence-electron chi connectivity index (χ0n) is 15.2. The normalized spacial score (nSPS) is 14.7. The van der Waals surface area contributed by atoms with Crippen molar-refractivity contribution in [3.05, 3.63) is 49.8 Å². The number of aromatic nitrogens is 3. The lowest BCUT2D eigenvalue weighted by Crippen LogP contribution is -2.49. The number of rotatable bonds is 3. The fourth-order valence-corrected chi connectivity index (χ4v) is 4.31. The second-order valence-corrected chi connectivity index (χ2v) is 8.64. The van der Waals surface area contributed by atoms with Crippen molar-refractivity contribution >= 4 is 68.4 Å². The lowest BCUT2D eigenvalue weighted by molar-refractivity contribution is -0.132. The van der Waals surface area contributed by atoms with Crippen molar-refractivity contribution in [3.63, 3.8) is 0 Å². The quantitative estimate of drug-likeness (QED) is 0.481. The minimum atomic E-state index is 0.0458. The summed E-state index contributed by atoms with van der Waals surface area (Å²) in [6.07, 6.45) is 1.58. The van der Waals surface area contributed by atoms with Crippen LogP contribution in [0, 0.1) is 10.6 Å². The van der Waals surface area contributed by atoms with E-state index in [1.165, 1.54) is 0 Å². The highest BCUT2D eigenvalue weighted by Crippen LogP contribution is 2.24. The van der Waals surface area contributed by atoms with Crippen molar-refractivity contribution in [2.24, 2.45) is 0 Å². The SMILES string of the molecule is Cc1cc(N2CCN(C(=O)Cn3nc(I)c4cc(Cl)cnc43)CC2)ccc1Cl. The maximum absolute atomic E-state index is 12.8. The number of amides is 1. The standard InChI is InChI=1S/C19H18Cl2IN5O/c1-12-8-14(2-3-16(12)21)25-4-6-26(7-5-25)17(28)11-27-19-15(18(22)24-27)9-13(20)10-23-19/h2-3,8-10H,4-7,11H2,1H3. The number of benzene rings is 1. The van der Waals surface area contributed by atoms with Gasteiger partial charge in [0.25, 0.3) is 0 Å². The average molecular weight is 530 g/mol. The summed E-state index contributed by atoms with van der Waals surface area (Å²) in [5, 5.41) is 6.65. The molecule has 0 spiro atoms. The molecule has 1 aliphatic heterocycles. The Hall–Kier alpha value is -1.58. The van der Waals surface area contributed by atoms with Gasteiger partial charge < -0.3 is 9.80 Å². The average Bonchev–Trinajstić information content (AvgIpc) is 2.99. The Balaban J connectivity index is 1.42. The number of hydrogen-bond donors (Lipinski definition) is 0. The van der Waals surface area contributed by atoms with E-state index in [0.717, 1.165) is 38.4 Å². The van der Waals surface area contributed by atoms with Crippen LogP contribution in [0.3, 0.4) is 0 Å². The molecule has 1 amide bonds. The number of hydrogen-bond acceptors (Lipinski definition) is 4. The lowest BCUT2D eigenvalue weighted by atomic mass is 10.2. The largest absolute Gasteiger partial charge is 0.368 e. The first-order valence-electron chi connectivity index (χ1n) is 8.89. The van der Waals surface area contributed by atoms with E-state index in [2.05, 4.69) is 43.6 Å². The summed E-state index contributed by atoms with van der Waals surface area (Å²) in [7, 11) is 0. The highest BCUT2D eigenvalue weighted by molar-refractivity contribution is 14.1. The fraction of sp³-hybridized carbons (Fsp3) is 0.316. The predicted octanol–water partition coefficient (Wildman–Crippen LogP) is 4.00. The van der Waals surface area contributed by atoms with Crippen LogP contribution in [0.4, 0.5) is 5.69 Å². The molecule has 6 nitrogen and oxygen atoms in total. The van der Waals surface area contributed by atoms with Crippen LogP contribution in [-0.4, -0.2) is 51.8 Å². The number of piperazine rings is 1. The first-order valence-corrected chi connectivity index (χ1v) is 10.7. The van der Waals surface area contributed by atoms with Gasteiger partial charge in [-0.05, 0) is 59.3 Å². The Morgan fingerprint density at radius 3 is 2.64 bits per heavy atom. The van der Waals surface area contributed by atoms with Crippen LogP contribution in [0.25, 0.3) is 11.0 Å². The van der Waals surface area contributed by atoms with Gasteiger partial charge in [-0.1, -0.05) is 23.2 Å². The molecule has 3 heterocycles. The molecule has 146 valence electrons. The van der Waals surface area contributed by atoms with E-state index in [9.17, 15) is 4.79 Å². The van der Waals surface area contributed by atoms with Crippen molar-refractivity contribution < 1.29 is 4.79 Å². The van der Waals surface area contributed by atoms with Gasteiger partial charge >= 0.3 is 0 Å². The number of fused-ring (bicyclic) bond motifs is 1. The smallest absolute Gasteiger partial charge is 0.244 e. The Kier molecular flexibility index (Phi) is 5.66. The van der Waals surface area contributed by atoms with Crippen LogP contribution in [0.5, 0.6) is 0 Å². The number of carbonyl (C=O) groups is 1. The van der Waals surface area contributed by atoms with Crippen molar-refractivity contribution in [2.75, 3.05) is 31.1 Å². The lowest BCUT2D eigenvalue weighted by Gasteiger charge is -2.36. The Bertz CT molecular complexity index is 1050. The first-order chi connectivity index (χ1) is 13.4.